The van der Waals surface area contributed by atoms with Crippen LogP contribution in [0.1, 0.15) is 16.7 Å². The van der Waals surface area contributed by atoms with Gasteiger partial charge in [-0.3, -0.25) is 0 Å². The number of benzene rings is 2. The van der Waals surface area contributed by atoms with Gasteiger partial charge in [-0.2, -0.15) is 0 Å². The molecule has 22 heavy (non-hydrogen) atoms. The average Bonchev–Trinajstić information content (AvgIpc) is 2.95. The highest BCUT2D eigenvalue weighted by molar-refractivity contribution is 5.77. The van der Waals surface area contributed by atoms with Crippen LogP contribution in [0, 0.1) is 19.7 Å². The van der Waals surface area contributed by atoms with Crippen molar-refractivity contribution in [1.29, 1.82) is 0 Å². The van der Waals surface area contributed by atoms with E-state index >= 15 is 0 Å². The molecule has 1 aliphatic heterocycles. The highest BCUT2D eigenvalue weighted by Gasteiger charge is 2.28. The monoisotopic (exact) mass is 301 g/mol. The Labute approximate surface area is 129 Å². The van der Waals surface area contributed by atoms with Gasteiger partial charge >= 0.3 is 0 Å². The van der Waals surface area contributed by atoms with Crippen molar-refractivity contribution in [3.05, 3.63) is 46.8 Å². The summed E-state index contributed by atoms with van der Waals surface area (Å²) in [6, 6.07) is 7.34. The van der Waals surface area contributed by atoms with E-state index in [-0.39, 0.29) is 11.9 Å². The second kappa shape index (κ2) is 5.61. The number of halogens is 1. The predicted molar refractivity (Wildman–Crippen MR) is 85.0 cm³/mol. The zero-order valence-electron chi connectivity index (χ0n) is 13.1. The third-order valence-corrected chi connectivity index (χ3v) is 4.21. The Kier molecular flexibility index (Phi) is 3.79. The van der Waals surface area contributed by atoms with E-state index in [2.05, 4.69) is 6.07 Å². The van der Waals surface area contributed by atoms with Gasteiger partial charge in [-0.05, 0) is 54.8 Å². The molecule has 0 radical (unpaired) electrons. The average molecular weight is 301 g/mol. The Morgan fingerprint density at radius 1 is 1.23 bits per heavy atom. The van der Waals surface area contributed by atoms with Crippen LogP contribution in [0.5, 0.6) is 11.5 Å². The van der Waals surface area contributed by atoms with Crippen LogP contribution in [0.2, 0.25) is 0 Å². The fourth-order valence-corrected chi connectivity index (χ4v) is 3.01. The maximum absolute atomic E-state index is 14.1. The molecule has 0 saturated heterocycles. The molecule has 0 fully saturated rings. The van der Waals surface area contributed by atoms with Crippen molar-refractivity contribution in [3.8, 4) is 22.6 Å². The number of methoxy groups -OCH3 is 1. The number of fused-ring (bicyclic) bond motifs is 1. The molecule has 4 heteroatoms. The van der Waals surface area contributed by atoms with Crippen LogP contribution in [-0.4, -0.2) is 19.8 Å². The SMILES string of the molecule is COc1cc(C)c(-c2ccc(F)c3c2O[C@H](CN)C3)cc1C. The molecule has 1 aliphatic rings. The second-order valence-corrected chi connectivity index (χ2v) is 5.72. The topological polar surface area (TPSA) is 44.5 Å². The first-order valence-electron chi connectivity index (χ1n) is 7.38. The molecular formula is C18H20FNO2. The number of aryl methyl sites for hydroxylation is 2. The van der Waals surface area contributed by atoms with Gasteiger partial charge in [-0.1, -0.05) is 0 Å². The van der Waals surface area contributed by atoms with Gasteiger partial charge in [0.25, 0.3) is 0 Å². The van der Waals surface area contributed by atoms with E-state index in [9.17, 15) is 4.39 Å². The van der Waals surface area contributed by atoms with Gasteiger partial charge in [-0.25, -0.2) is 4.39 Å². The van der Waals surface area contributed by atoms with Crippen molar-refractivity contribution in [3.63, 3.8) is 0 Å². The van der Waals surface area contributed by atoms with Crippen molar-refractivity contribution in [2.24, 2.45) is 5.73 Å². The molecule has 0 aromatic heterocycles. The molecule has 0 aliphatic carbocycles. The molecule has 0 spiro atoms. The molecule has 2 aromatic carbocycles. The number of rotatable bonds is 3. The van der Waals surface area contributed by atoms with Gasteiger partial charge < -0.3 is 15.2 Å². The Morgan fingerprint density at radius 3 is 2.68 bits per heavy atom. The largest absolute Gasteiger partial charge is 0.496 e. The van der Waals surface area contributed by atoms with Gasteiger partial charge in [0, 0.05) is 24.1 Å². The lowest BCUT2D eigenvalue weighted by molar-refractivity contribution is 0.242. The predicted octanol–water partition coefficient (Wildman–Crippen LogP) is 3.38. The highest BCUT2D eigenvalue weighted by Crippen LogP contribution is 2.42. The smallest absolute Gasteiger partial charge is 0.133 e. The minimum Gasteiger partial charge on any atom is -0.496 e. The van der Waals surface area contributed by atoms with E-state index in [1.54, 1.807) is 13.2 Å². The minimum absolute atomic E-state index is 0.148. The van der Waals surface area contributed by atoms with Crippen molar-refractivity contribution in [2.75, 3.05) is 13.7 Å². The Bertz CT molecular complexity index is 728. The number of hydrogen-bond acceptors (Lipinski definition) is 3. The number of hydrogen-bond donors (Lipinski definition) is 1. The maximum atomic E-state index is 14.1. The van der Waals surface area contributed by atoms with Gasteiger partial charge in [-0.15, -0.1) is 0 Å². The van der Waals surface area contributed by atoms with Crippen LogP contribution in [-0.2, 0) is 6.42 Å². The van der Waals surface area contributed by atoms with Crippen LogP contribution in [0.25, 0.3) is 11.1 Å². The van der Waals surface area contributed by atoms with Crippen LogP contribution in [0.15, 0.2) is 24.3 Å². The Balaban J connectivity index is 2.15. The fraction of sp³-hybridized carbons (Fsp3) is 0.333. The van der Waals surface area contributed by atoms with E-state index in [0.717, 1.165) is 28.0 Å². The van der Waals surface area contributed by atoms with Gasteiger partial charge in [0.1, 0.15) is 23.4 Å². The molecule has 3 nitrogen and oxygen atoms in total. The Hall–Kier alpha value is -2.07. The van der Waals surface area contributed by atoms with E-state index in [4.69, 9.17) is 15.2 Å². The third-order valence-electron chi connectivity index (χ3n) is 4.21. The van der Waals surface area contributed by atoms with Crippen LogP contribution < -0.4 is 15.2 Å². The van der Waals surface area contributed by atoms with Crippen LogP contribution in [0.4, 0.5) is 4.39 Å². The lowest BCUT2D eigenvalue weighted by Crippen LogP contribution is -2.24. The summed E-state index contributed by atoms with van der Waals surface area (Å²) in [6.45, 7) is 4.39. The molecule has 1 atom stereocenters. The van der Waals surface area contributed by atoms with E-state index < -0.39 is 0 Å². The summed E-state index contributed by atoms with van der Waals surface area (Å²) in [5.74, 6) is 1.25. The maximum Gasteiger partial charge on any atom is 0.133 e. The summed E-state index contributed by atoms with van der Waals surface area (Å²) in [6.07, 6.45) is 0.380. The quantitative estimate of drug-likeness (QED) is 0.945. The first-order valence-corrected chi connectivity index (χ1v) is 7.38. The van der Waals surface area contributed by atoms with Gasteiger partial charge in [0.05, 0.1) is 7.11 Å². The van der Waals surface area contributed by atoms with Crippen LogP contribution >= 0.6 is 0 Å². The molecule has 116 valence electrons. The molecule has 0 amide bonds. The molecule has 1 heterocycles. The van der Waals surface area contributed by atoms with Crippen LogP contribution in [0.3, 0.4) is 0 Å². The summed E-state index contributed by atoms with van der Waals surface area (Å²) in [5, 5.41) is 0. The molecular weight excluding hydrogens is 281 g/mol. The molecule has 3 rings (SSSR count). The molecule has 0 bridgehead atoms. The summed E-state index contributed by atoms with van der Waals surface area (Å²) in [4.78, 5) is 0. The van der Waals surface area contributed by atoms with Gasteiger partial charge in [0.2, 0.25) is 0 Å². The molecule has 0 unspecified atom stereocenters. The first-order chi connectivity index (χ1) is 10.5. The van der Waals surface area contributed by atoms with E-state index in [1.165, 1.54) is 6.07 Å². The molecule has 2 N–H and O–H groups in total. The third kappa shape index (κ3) is 2.33. The number of nitrogens with two attached hydrogens (primary N) is 1. The van der Waals surface area contributed by atoms with Crippen molar-refractivity contribution >= 4 is 0 Å². The molecule has 0 saturated carbocycles. The summed E-state index contributed by atoms with van der Waals surface area (Å²) in [5.41, 5.74) is 10.4. The van der Waals surface area contributed by atoms with Crippen molar-refractivity contribution in [2.45, 2.75) is 26.4 Å². The highest BCUT2D eigenvalue weighted by atomic mass is 19.1. The zero-order chi connectivity index (χ0) is 15.9. The second-order valence-electron chi connectivity index (χ2n) is 5.72. The summed E-state index contributed by atoms with van der Waals surface area (Å²) in [7, 11) is 1.66. The minimum atomic E-state index is -0.224. The molecule has 2 aromatic rings. The van der Waals surface area contributed by atoms with E-state index in [0.29, 0.717) is 24.3 Å². The standard InChI is InChI=1S/C18H20FNO2/c1-10-7-17(21-3)11(2)6-14(10)13-4-5-16(19)15-8-12(9-20)22-18(13)15/h4-7,12H,8-9,20H2,1-3H3/t12-/m0/s1. The number of ether oxygens (including phenoxy) is 2. The summed E-state index contributed by atoms with van der Waals surface area (Å²) >= 11 is 0. The Morgan fingerprint density at radius 2 is 2.00 bits per heavy atom. The van der Waals surface area contributed by atoms with Gasteiger partial charge in [0.15, 0.2) is 0 Å². The van der Waals surface area contributed by atoms with Crippen molar-refractivity contribution in [1.82, 2.24) is 0 Å². The normalized spacial score (nSPS) is 16.3. The lowest BCUT2D eigenvalue weighted by Gasteiger charge is -2.15. The van der Waals surface area contributed by atoms with Crippen molar-refractivity contribution < 1.29 is 13.9 Å². The first kappa shape index (κ1) is 14.9. The summed E-state index contributed by atoms with van der Waals surface area (Å²) < 4.78 is 25.3. The van der Waals surface area contributed by atoms with E-state index in [1.807, 2.05) is 19.9 Å². The lowest BCUT2D eigenvalue weighted by atomic mass is 9.95. The zero-order valence-corrected chi connectivity index (χ0v) is 13.1. The fourth-order valence-electron chi connectivity index (χ4n) is 3.01.